The normalized spacial score (nSPS) is 10.3. The third-order valence-corrected chi connectivity index (χ3v) is 2.70. The minimum absolute atomic E-state index is 0.265. The van der Waals surface area contributed by atoms with Gasteiger partial charge in [-0.1, -0.05) is 29.8 Å². The van der Waals surface area contributed by atoms with E-state index in [2.05, 4.69) is 10.3 Å². The summed E-state index contributed by atoms with van der Waals surface area (Å²) in [7, 11) is 0. The van der Waals surface area contributed by atoms with Gasteiger partial charge in [0.25, 0.3) is 0 Å². The lowest BCUT2D eigenvalue weighted by atomic mass is 10.3. The van der Waals surface area contributed by atoms with E-state index in [1.165, 1.54) is 10.8 Å². The fourth-order valence-corrected chi connectivity index (χ4v) is 1.79. The van der Waals surface area contributed by atoms with Gasteiger partial charge in [-0.05, 0) is 18.6 Å². The Labute approximate surface area is 110 Å². The largest absolute Gasteiger partial charge is 0.385 e. The number of halogens is 1. The van der Waals surface area contributed by atoms with Gasteiger partial charge in [0, 0.05) is 25.0 Å². The molecule has 1 aromatic heterocycles. The molecule has 0 aliphatic carbocycles. The van der Waals surface area contributed by atoms with E-state index in [1.54, 1.807) is 6.20 Å². The Hall–Kier alpha value is -1.81. The van der Waals surface area contributed by atoms with Crippen LogP contribution in [0, 0.1) is 0 Å². The number of aryl methyl sites for hydroxylation is 1. The van der Waals surface area contributed by atoms with Crippen LogP contribution in [0.3, 0.4) is 0 Å². The van der Waals surface area contributed by atoms with Crippen molar-refractivity contribution in [3.63, 3.8) is 0 Å². The SMILES string of the molecule is O=c1ncc(Cl)cn1CCCNc1ccccc1. The van der Waals surface area contributed by atoms with Crippen molar-refractivity contribution in [1.29, 1.82) is 0 Å². The summed E-state index contributed by atoms with van der Waals surface area (Å²) in [5.41, 5.74) is 0.813. The predicted octanol–water partition coefficient (Wildman–Crippen LogP) is 2.40. The van der Waals surface area contributed by atoms with Gasteiger partial charge >= 0.3 is 5.69 Å². The van der Waals surface area contributed by atoms with Crippen LogP contribution in [0.4, 0.5) is 5.69 Å². The zero-order chi connectivity index (χ0) is 12.8. The number of hydrogen-bond donors (Lipinski definition) is 1. The lowest BCUT2D eigenvalue weighted by molar-refractivity contribution is 0.622. The molecule has 1 aromatic carbocycles. The van der Waals surface area contributed by atoms with Gasteiger partial charge in [0.05, 0.1) is 11.2 Å². The fraction of sp³-hybridized carbons (Fsp3) is 0.231. The third-order valence-electron chi connectivity index (χ3n) is 2.50. The first-order valence-corrected chi connectivity index (χ1v) is 6.14. The second-order valence-electron chi connectivity index (χ2n) is 3.89. The number of nitrogens with one attached hydrogen (secondary N) is 1. The van der Waals surface area contributed by atoms with E-state index in [1.807, 2.05) is 30.3 Å². The molecule has 0 fully saturated rings. The molecule has 2 aromatic rings. The zero-order valence-corrected chi connectivity index (χ0v) is 10.6. The number of hydrogen-bond acceptors (Lipinski definition) is 3. The van der Waals surface area contributed by atoms with Crippen LogP contribution in [-0.2, 0) is 6.54 Å². The van der Waals surface area contributed by atoms with Crippen LogP contribution >= 0.6 is 11.6 Å². The Morgan fingerprint density at radius 2 is 2.06 bits per heavy atom. The smallest absolute Gasteiger partial charge is 0.347 e. The van der Waals surface area contributed by atoms with Gasteiger partial charge in [-0.15, -0.1) is 0 Å². The number of para-hydroxylation sites is 1. The second-order valence-corrected chi connectivity index (χ2v) is 4.33. The maximum absolute atomic E-state index is 11.4. The van der Waals surface area contributed by atoms with Crippen LogP contribution < -0.4 is 11.0 Å². The average molecular weight is 264 g/mol. The molecule has 2 rings (SSSR count). The molecule has 0 saturated heterocycles. The van der Waals surface area contributed by atoms with E-state index in [0.29, 0.717) is 11.6 Å². The Bertz CT molecular complexity index is 554. The van der Waals surface area contributed by atoms with Crippen LogP contribution in [0.1, 0.15) is 6.42 Å². The molecule has 0 unspecified atom stereocenters. The van der Waals surface area contributed by atoms with Crippen molar-refractivity contribution in [3.8, 4) is 0 Å². The van der Waals surface area contributed by atoms with E-state index in [9.17, 15) is 4.79 Å². The summed E-state index contributed by atoms with van der Waals surface area (Å²) in [6, 6.07) is 9.95. The number of aromatic nitrogens is 2. The standard InChI is InChI=1S/C13H14ClN3O/c14-11-9-16-13(18)17(10-11)8-4-7-15-12-5-2-1-3-6-12/h1-3,5-6,9-10,15H,4,7-8H2. The summed E-state index contributed by atoms with van der Waals surface area (Å²) in [6.45, 7) is 1.40. The van der Waals surface area contributed by atoms with Gasteiger partial charge < -0.3 is 5.32 Å². The van der Waals surface area contributed by atoms with Crippen molar-refractivity contribution in [2.45, 2.75) is 13.0 Å². The molecule has 0 aliphatic rings. The van der Waals surface area contributed by atoms with Crippen molar-refractivity contribution in [3.05, 3.63) is 58.2 Å². The van der Waals surface area contributed by atoms with Crippen molar-refractivity contribution < 1.29 is 0 Å². The molecular weight excluding hydrogens is 250 g/mol. The number of nitrogens with zero attached hydrogens (tertiary/aromatic N) is 2. The molecule has 18 heavy (non-hydrogen) atoms. The molecule has 0 atom stereocenters. The molecule has 0 saturated carbocycles. The zero-order valence-electron chi connectivity index (χ0n) is 9.84. The summed E-state index contributed by atoms with van der Waals surface area (Å²) in [4.78, 5) is 15.1. The van der Waals surface area contributed by atoms with E-state index in [4.69, 9.17) is 11.6 Å². The van der Waals surface area contributed by atoms with Gasteiger partial charge in [0.15, 0.2) is 0 Å². The highest BCUT2D eigenvalue weighted by molar-refractivity contribution is 6.30. The minimum atomic E-state index is -0.265. The predicted molar refractivity (Wildman–Crippen MR) is 73.1 cm³/mol. The quantitative estimate of drug-likeness (QED) is 0.843. The molecule has 4 nitrogen and oxygen atoms in total. The van der Waals surface area contributed by atoms with Gasteiger partial charge in [0.2, 0.25) is 0 Å². The van der Waals surface area contributed by atoms with Crippen LogP contribution in [0.15, 0.2) is 47.5 Å². The van der Waals surface area contributed by atoms with Crippen LogP contribution in [-0.4, -0.2) is 16.1 Å². The first-order chi connectivity index (χ1) is 8.75. The Balaban J connectivity index is 1.82. The minimum Gasteiger partial charge on any atom is -0.385 e. The average Bonchev–Trinajstić information content (AvgIpc) is 2.40. The van der Waals surface area contributed by atoms with Crippen LogP contribution in [0.2, 0.25) is 5.02 Å². The topological polar surface area (TPSA) is 46.9 Å². The highest BCUT2D eigenvalue weighted by Gasteiger charge is 1.98. The lowest BCUT2D eigenvalue weighted by Gasteiger charge is -2.07. The summed E-state index contributed by atoms with van der Waals surface area (Å²) in [5.74, 6) is 0. The second kappa shape index (κ2) is 6.21. The first kappa shape index (κ1) is 12.6. The number of benzene rings is 1. The first-order valence-electron chi connectivity index (χ1n) is 5.76. The van der Waals surface area contributed by atoms with Gasteiger partial charge in [-0.2, -0.15) is 0 Å². The van der Waals surface area contributed by atoms with Crippen LogP contribution in [0.5, 0.6) is 0 Å². The van der Waals surface area contributed by atoms with E-state index in [-0.39, 0.29) is 5.69 Å². The maximum Gasteiger partial charge on any atom is 0.347 e. The van der Waals surface area contributed by atoms with Gasteiger partial charge in [-0.3, -0.25) is 4.57 Å². The monoisotopic (exact) mass is 263 g/mol. The van der Waals surface area contributed by atoms with Crippen molar-refractivity contribution in [2.75, 3.05) is 11.9 Å². The van der Waals surface area contributed by atoms with E-state index < -0.39 is 0 Å². The molecule has 1 heterocycles. The van der Waals surface area contributed by atoms with Gasteiger partial charge in [0.1, 0.15) is 0 Å². The molecule has 0 bridgehead atoms. The Morgan fingerprint density at radius 3 is 2.83 bits per heavy atom. The Morgan fingerprint density at radius 1 is 1.28 bits per heavy atom. The van der Waals surface area contributed by atoms with Crippen molar-refractivity contribution in [2.24, 2.45) is 0 Å². The highest BCUT2D eigenvalue weighted by Crippen LogP contribution is 2.05. The number of anilines is 1. The van der Waals surface area contributed by atoms with Crippen molar-refractivity contribution in [1.82, 2.24) is 9.55 Å². The molecule has 94 valence electrons. The Kier molecular flexibility index (Phi) is 4.36. The maximum atomic E-state index is 11.4. The molecule has 5 heteroatoms. The molecule has 1 N–H and O–H groups in total. The summed E-state index contributed by atoms with van der Waals surface area (Å²) in [5, 5.41) is 3.76. The van der Waals surface area contributed by atoms with Crippen molar-refractivity contribution >= 4 is 17.3 Å². The lowest BCUT2D eigenvalue weighted by Crippen LogP contribution is -2.22. The van der Waals surface area contributed by atoms with Crippen LogP contribution in [0.25, 0.3) is 0 Å². The molecule has 0 spiro atoms. The summed E-state index contributed by atoms with van der Waals surface area (Å²) < 4.78 is 1.52. The van der Waals surface area contributed by atoms with Gasteiger partial charge in [-0.25, -0.2) is 9.78 Å². The molecule has 0 radical (unpaired) electrons. The number of rotatable bonds is 5. The van der Waals surface area contributed by atoms with E-state index in [0.717, 1.165) is 18.7 Å². The summed E-state index contributed by atoms with van der Waals surface area (Å²) in [6.07, 6.45) is 3.80. The third kappa shape index (κ3) is 3.60. The molecular formula is C13H14ClN3O. The summed E-state index contributed by atoms with van der Waals surface area (Å²) >= 11 is 5.79. The highest BCUT2D eigenvalue weighted by atomic mass is 35.5. The molecule has 0 amide bonds. The fourth-order valence-electron chi connectivity index (χ4n) is 1.63. The van der Waals surface area contributed by atoms with E-state index >= 15 is 0 Å². The molecule has 0 aliphatic heterocycles.